The maximum Gasteiger partial charge on any atom is 0.388 e. The number of ether oxygens (including phenoxy) is 1. The summed E-state index contributed by atoms with van der Waals surface area (Å²) in [4.78, 5) is 31.7. The molecule has 1 aliphatic heterocycles. The molecular weight excluding hydrogens is 459 g/mol. The van der Waals surface area contributed by atoms with Gasteiger partial charge in [-0.1, -0.05) is 17.4 Å². The van der Waals surface area contributed by atoms with Crippen LogP contribution < -0.4 is 10.6 Å². The van der Waals surface area contributed by atoms with E-state index in [9.17, 15) is 14.5 Å². The number of anilines is 1. The zero-order chi connectivity index (χ0) is 24.6. The van der Waals surface area contributed by atoms with E-state index in [2.05, 4.69) is 35.6 Å². The number of unbranched alkanes of at least 4 members (excludes halogenated alkanes) is 3. The maximum absolute atomic E-state index is 11.8. The number of imidazole rings is 2. The molecule has 4 atom stereocenters. The Labute approximate surface area is 199 Å². The molecule has 1 fully saturated rings. The number of fused-ring (bicyclic) bond motifs is 1. The number of nitrogens with one attached hydrogen (secondary N) is 3. The number of amides is 1. The van der Waals surface area contributed by atoms with Crippen molar-refractivity contribution in [2.75, 3.05) is 24.6 Å². The molecule has 1 amide bonds. The zero-order valence-corrected chi connectivity index (χ0v) is 19.7. The van der Waals surface area contributed by atoms with E-state index in [0.29, 0.717) is 36.4 Å². The predicted molar refractivity (Wildman–Crippen MR) is 126 cm³/mol. The number of aliphatic hydroxyl groups is 1. The lowest BCUT2D eigenvalue weighted by molar-refractivity contribution is -0.120. The van der Waals surface area contributed by atoms with Crippen LogP contribution in [0.15, 0.2) is 25.2 Å². The van der Waals surface area contributed by atoms with Crippen molar-refractivity contribution in [3.8, 4) is 0 Å². The predicted octanol–water partition coefficient (Wildman–Crippen LogP) is 1.55. The Morgan fingerprint density at radius 2 is 2.15 bits per heavy atom. The lowest BCUT2D eigenvalue weighted by Gasteiger charge is -2.12. The number of aromatic amines is 1. The fraction of sp³-hybridized carbons (Fsp3) is 0.571. The monoisotopic (exact) mass is 491 g/mol. The third-order valence-electron chi connectivity index (χ3n) is 5.75. The van der Waals surface area contributed by atoms with Gasteiger partial charge in [0.15, 0.2) is 23.1 Å². The van der Waals surface area contributed by atoms with Gasteiger partial charge in [-0.25, -0.2) is 19.9 Å². The number of rotatable bonds is 13. The van der Waals surface area contributed by atoms with Gasteiger partial charge in [0.25, 0.3) is 0 Å². The number of aromatic nitrogens is 6. The van der Waals surface area contributed by atoms with Crippen molar-refractivity contribution in [2.45, 2.75) is 57.0 Å². The zero-order valence-electron chi connectivity index (χ0n) is 19.8. The van der Waals surface area contributed by atoms with Crippen LogP contribution in [0.4, 0.5) is 5.82 Å². The second kappa shape index (κ2) is 12.0. The minimum Gasteiger partial charge on any atom is -0.390 e. The first kappa shape index (κ1) is 22.8. The lowest BCUT2D eigenvalue weighted by atomic mass is 10.2. The number of aliphatic hydroxyl groups excluding tert-OH is 1. The van der Waals surface area contributed by atoms with Crippen LogP contribution in [-0.2, 0) is 20.5 Å². The first-order valence-electron chi connectivity index (χ1n) is 11.9. The van der Waals surface area contributed by atoms with Gasteiger partial charge in [-0.15, -0.1) is 0 Å². The molecule has 1 aliphatic rings. The van der Waals surface area contributed by atoms with Gasteiger partial charge in [-0.2, -0.15) is 0 Å². The molecule has 4 unspecified atom stereocenters. The van der Waals surface area contributed by atoms with Crippen molar-refractivity contribution in [3.63, 3.8) is 0 Å². The Morgan fingerprint density at radius 1 is 1.29 bits per heavy atom. The normalized spacial score (nSPS) is 20.9. The highest BCUT2D eigenvalue weighted by Crippen LogP contribution is 2.32. The van der Waals surface area contributed by atoms with Crippen LogP contribution in [0.5, 0.6) is 0 Å². The molecule has 0 saturated carbocycles. The summed E-state index contributed by atoms with van der Waals surface area (Å²) in [7, 11) is -2.15. The third kappa shape index (κ3) is 6.13. The molecule has 0 spiro atoms. The second-order valence-corrected chi connectivity index (χ2v) is 8.86. The van der Waals surface area contributed by atoms with Gasteiger partial charge in [0.1, 0.15) is 18.7 Å². The van der Waals surface area contributed by atoms with Gasteiger partial charge in [-0.3, -0.25) is 9.36 Å². The third-order valence-corrected chi connectivity index (χ3v) is 6.26. The summed E-state index contributed by atoms with van der Waals surface area (Å²) in [6, 6.07) is 0. The standard InChI is InChI=1S/C21H29N8O4P/c30-15-8-18(33-16(15)10-34-32)29-13-28-19-20(26-12-27-21(19)29)24-6-4-2-1-3-5-23-17(31)7-14-9-22-11-25-14/h9,11-13,15-16,18,30H,1-8,10H2,(H,22,25)(H,23,31)(H,24,26,27)/p+1/i/hT. The van der Waals surface area contributed by atoms with Crippen LogP contribution in [0.2, 0.25) is 0 Å². The average molecular weight is 492 g/mol. The summed E-state index contributed by atoms with van der Waals surface area (Å²) in [5.74, 6) is 0.618. The number of H-pyrrole nitrogens is 1. The van der Waals surface area contributed by atoms with Gasteiger partial charge < -0.3 is 25.5 Å². The van der Waals surface area contributed by atoms with Crippen LogP contribution in [0.3, 0.4) is 0 Å². The van der Waals surface area contributed by atoms with Gasteiger partial charge >= 0.3 is 9.68 Å². The minimum absolute atomic E-state index is 0.00102. The van der Waals surface area contributed by atoms with E-state index in [4.69, 9.17) is 6.02 Å². The molecule has 12 nitrogen and oxygen atoms in total. The summed E-state index contributed by atoms with van der Waals surface area (Å²) in [6.07, 6.45) is 8.87. The molecule has 0 radical (unpaired) electrons. The van der Waals surface area contributed by atoms with Gasteiger partial charge in [0.05, 0.1) is 25.2 Å². The van der Waals surface area contributed by atoms with E-state index < -0.39 is 26.8 Å². The molecule has 182 valence electrons. The fourth-order valence-electron chi connectivity index (χ4n) is 3.97. The summed E-state index contributed by atoms with van der Waals surface area (Å²) >= 11 is 0. The molecule has 3 aromatic rings. The topological polar surface area (TPSA) is 160 Å². The van der Waals surface area contributed by atoms with E-state index >= 15 is 0 Å². The molecule has 34 heavy (non-hydrogen) atoms. The van der Waals surface area contributed by atoms with Crippen molar-refractivity contribution in [1.29, 1.82) is 1.28 Å². The van der Waals surface area contributed by atoms with Crippen molar-refractivity contribution >= 4 is 31.3 Å². The van der Waals surface area contributed by atoms with E-state index in [1.54, 1.807) is 23.4 Å². The fourth-order valence-corrected chi connectivity index (χ4v) is 4.45. The Morgan fingerprint density at radius 3 is 2.94 bits per heavy atom. The number of carbonyl (C=O) groups excluding carboxylic acids is 1. The highest BCUT2D eigenvalue weighted by Gasteiger charge is 2.37. The van der Waals surface area contributed by atoms with Crippen LogP contribution in [0, 0.1) is 0 Å². The smallest absolute Gasteiger partial charge is 0.388 e. The molecule has 0 aliphatic carbocycles. The second-order valence-electron chi connectivity index (χ2n) is 8.23. The van der Waals surface area contributed by atoms with Crippen molar-refractivity contribution in [3.05, 3.63) is 30.9 Å². The van der Waals surface area contributed by atoms with Crippen LogP contribution in [0.1, 0.15) is 44.0 Å². The maximum atomic E-state index is 11.8. The Kier molecular flexibility index (Phi) is 8.03. The van der Waals surface area contributed by atoms with Gasteiger partial charge in [0.2, 0.25) is 5.91 Å². The molecule has 3 aromatic heterocycles. The summed E-state index contributed by atoms with van der Waals surface area (Å²) in [6.45, 7) is 1.38. The van der Waals surface area contributed by atoms with Crippen LogP contribution in [-0.4, -0.2) is 73.2 Å². The minimum atomic E-state index is -2.15. The van der Waals surface area contributed by atoms with Crippen molar-refractivity contribution in [1.82, 2.24) is 34.8 Å². The number of nitrogens with zero attached hydrogens (tertiary/aromatic N) is 5. The number of carbonyl (C=O) groups is 1. The van der Waals surface area contributed by atoms with Crippen LogP contribution in [0.25, 0.3) is 11.2 Å². The summed E-state index contributed by atoms with van der Waals surface area (Å²) in [5, 5.41) is 16.4. The molecule has 0 aromatic carbocycles. The first-order valence-corrected chi connectivity index (χ1v) is 12.4. The molecule has 1 saturated heterocycles. The van der Waals surface area contributed by atoms with Gasteiger partial charge in [-0.05, 0) is 12.8 Å². The quantitative estimate of drug-likeness (QED) is 0.205. The highest BCUT2D eigenvalue weighted by atomic mass is 31.1. The lowest BCUT2D eigenvalue weighted by Crippen LogP contribution is -2.26. The van der Waals surface area contributed by atoms with Crippen molar-refractivity contribution in [2.24, 2.45) is 0 Å². The molecular formula is C21H30N8O4P+. The largest absolute Gasteiger partial charge is 0.390 e. The molecule has 13 heteroatoms. The average Bonchev–Trinajstić information content (AvgIpc) is 3.56. The molecule has 4 rings (SSSR count). The summed E-state index contributed by atoms with van der Waals surface area (Å²) < 4.78 is 26.0. The van der Waals surface area contributed by atoms with E-state index in [1.165, 1.54) is 6.33 Å². The molecule has 0 bridgehead atoms. The Bertz CT molecular complexity index is 1130. The van der Waals surface area contributed by atoms with E-state index in [1.807, 2.05) is 0 Å². The SMILES string of the molecule is [3H][P+](=O)CC1OC(n2cnc3c(NCCCCCCNC(=O)Cc4cnc[nH]4)ncnc32)CC1O. The molecule has 4 heterocycles. The Balaban J connectivity index is 1.18. The number of hydrogen-bond acceptors (Lipinski definition) is 9. The van der Waals surface area contributed by atoms with Crippen molar-refractivity contribution < 1.29 is 19.2 Å². The number of hydrogen-bond donors (Lipinski definition) is 4. The first-order chi connectivity index (χ1) is 17.0. The summed E-state index contributed by atoms with van der Waals surface area (Å²) in [5.41, 5.74) is 2.00. The van der Waals surface area contributed by atoms with Gasteiger partial charge in [0, 0.05) is 31.4 Å². The van der Waals surface area contributed by atoms with E-state index in [0.717, 1.165) is 37.9 Å². The molecule has 4 N–H and O–H groups in total. The van der Waals surface area contributed by atoms with E-state index in [-0.39, 0.29) is 12.1 Å². The Hall–Kier alpha value is -2.95. The van der Waals surface area contributed by atoms with Crippen LogP contribution >= 0.6 is 8.41 Å². The highest BCUT2D eigenvalue weighted by molar-refractivity contribution is 7.23.